The van der Waals surface area contributed by atoms with Gasteiger partial charge in [-0.25, -0.2) is 9.59 Å². The topological polar surface area (TPSA) is 200 Å². The third kappa shape index (κ3) is 8.78. The van der Waals surface area contributed by atoms with E-state index in [0.29, 0.717) is 0 Å². The van der Waals surface area contributed by atoms with Gasteiger partial charge < -0.3 is 85.3 Å². The minimum Gasteiger partial charge on any atom is -0.493 e. The molecule has 1 saturated heterocycles. The molecule has 0 radical (unpaired) electrons. The van der Waals surface area contributed by atoms with E-state index >= 15 is 0 Å². The van der Waals surface area contributed by atoms with Gasteiger partial charge in [-0.05, 0) is 24.3 Å². The number of carbonyl (C=O) groups is 2. The number of hydrogen-bond acceptors (Lipinski definition) is 20. The second kappa shape index (κ2) is 20.6. The maximum atomic E-state index is 14.6. The Morgan fingerprint density at radius 1 is 0.446 bits per heavy atom. The van der Waals surface area contributed by atoms with Crippen LogP contribution in [0.3, 0.4) is 0 Å². The Hall–Kier alpha value is -7.06. The van der Waals surface area contributed by atoms with Crippen LogP contribution in [-0.4, -0.2) is 142 Å². The van der Waals surface area contributed by atoms with Gasteiger partial charge in [0.1, 0.15) is 24.2 Å². The molecule has 2 heterocycles. The fourth-order valence-corrected chi connectivity index (χ4v) is 7.65. The first kappa shape index (κ1) is 47.4. The van der Waals surface area contributed by atoms with Gasteiger partial charge in [-0.2, -0.15) is 0 Å². The third-order valence-corrected chi connectivity index (χ3v) is 10.6. The van der Waals surface area contributed by atoms with E-state index < -0.39 is 42.6 Å². The van der Waals surface area contributed by atoms with E-state index in [2.05, 4.69) is 0 Å². The molecule has 0 unspecified atom stereocenters. The number of hydrogen-bond donors (Lipinski definition) is 0. The molecule has 0 spiro atoms. The molecule has 0 aromatic heterocycles. The van der Waals surface area contributed by atoms with E-state index in [1.165, 1.54) is 123 Å². The highest BCUT2D eigenvalue weighted by Crippen LogP contribution is 2.59. The maximum absolute atomic E-state index is 14.6. The van der Waals surface area contributed by atoms with E-state index in [4.69, 9.17) is 85.3 Å². The molecule has 0 aliphatic carbocycles. The average Bonchev–Trinajstić information content (AvgIpc) is 3.40. The van der Waals surface area contributed by atoms with E-state index in [9.17, 15) is 9.59 Å². The average molecular weight is 913 g/mol. The lowest BCUT2D eigenvalue weighted by molar-refractivity contribution is -0.287. The van der Waals surface area contributed by atoms with Crippen LogP contribution in [0.15, 0.2) is 36.4 Å². The maximum Gasteiger partial charge on any atom is 0.339 e. The zero-order chi connectivity index (χ0) is 47.1. The van der Waals surface area contributed by atoms with Gasteiger partial charge in [0.2, 0.25) is 23.0 Å². The van der Waals surface area contributed by atoms with Crippen molar-refractivity contribution in [2.45, 2.75) is 30.7 Å². The molecule has 0 N–H and O–H groups in total. The van der Waals surface area contributed by atoms with Crippen molar-refractivity contribution in [3.63, 3.8) is 0 Å². The van der Waals surface area contributed by atoms with Crippen LogP contribution in [0.1, 0.15) is 20.7 Å². The molecular weight excluding hydrogens is 860 g/mol. The van der Waals surface area contributed by atoms with Crippen LogP contribution in [-0.2, 0) is 18.9 Å². The third-order valence-electron chi connectivity index (χ3n) is 10.6. The number of benzene rings is 4. The zero-order valence-corrected chi connectivity index (χ0v) is 38.2. The Kier molecular flexibility index (Phi) is 15.0. The minimum atomic E-state index is -1.56. The second-order valence-electron chi connectivity index (χ2n) is 13.8. The molecule has 1 fully saturated rings. The minimum absolute atomic E-state index is 0.0257. The lowest BCUT2D eigenvalue weighted by Crippen LogP contribution is -2.63. The molecule has 0 bridgehead atoms. The van der Waals surface area contributed by atoms with Crippen molar-refractivity contribution in [3.8, 4) is 91.6 Å². The largest absolute Gasteiger partial charge is 0.493 e. The summed E-state index contributed by atoms with van der Waals surface area (Å²) in [7, 11) is 18.4. The van der Waals surface area contributed by atoms with Gasteiger partial charge in [-0.1, -0.05) is 0 Å². The van der Waals surface area contributed by atoms with Crippen molar-refractivity contribution in [2.75, 3.05) is 99.0 Å². The summed E-state index contributed by atoms with van der Waals surface area (Å²) < 4.78 is 107. The van der Waals surface area contributed by atoms with Gasteiger partial charge in [-0.15, -0.1) is 0 Å². The number of methoxy groups -OCH3 is 13. The molecule has 2 aliphatic rings. The standard InChI is InChI=1S/C45H52O20/c1-48-25-14-21(15-26(49-2)34(25)54-7)43(46)64-41-38-31(63-45(60-13)42(41)65-44(47)22-16-27(50-3)35(55-8)28(17-22)51-4)20-61-23-18-29(52-5)36(56-9)39(58-11)32(23)33-24(62-38)19-30(53-6)37(57-10)40(33)59-12/h14-19,31,38,41-42,45H,20H2,1-13H3/t31-,38-,41+,42-,45+/m1/s1. The molecule has 4 aromatic rings. The summed E-state index contributed by atoms with van der Waals surface area (Å²) in [6.07, 6.45) is -7.05. The van der Waals surface area contributed by atoms with Crippen molar-refractivity contribution < 1.29 is 94.9 Å². The van der Waals surface area contributed by atoms with E-state index in [1.54, 1.807) is 6.07 Å². The summed E-state index contributed by atoms with van der Waals surface area (Å²) in [6, 6.07) is 8.73. The molecule has 352 valence electrons. The first-order valence-corrected chi connectivity index (χ1v) is 19.6. The Morgan fingerprint density at radius 2 is 0.815 bits per heavy atom. The Morgan fingerprint density at radius 3 is 1.20 bits per heavy atom. The van der Waals surface area contributed by atoms with Crippen LogP contribution in [0.4, 0.5) is 0 Å². The van der Waals surface area contributed by atoms with Gasteiger partial charge in [0, 0.05) is 19.2 Å². The van der Waals surface area contributed by atoms with Crippen molar-refractivity contribution in [2.24, 2.45) is 0 Å². The normalized spacial score (nSPS) is 18.4. The number of fused-ring (bicyclic) bond motifs is 4. The van der Waals surface area contributed by atoms with E-state index in [0.717, 1.165) is 0 Å². The van der Waals surface area contributed by atoms with Crippen LogP contribution in [0.2, 0.25) is 0 Å². The smallest absolute Gasteiger partial charge is 0.339 e. The highest BCUT2D eigenvalue weighted by atomic mass is 16.7. The van der Waals surface area contributed by atoms with Gasteiger partial charge in [-0.3, -0.25) is 0 Å². The molecule has 5 atom stereocenters. The Labute approximate surface area is 375 Å². The quantitative estimate of drug-likeness (QED) is 0.122. The van der Waals surface area contributed by atoms with Gasteiger partial charge in [0.15, 0.2) is 70.6 Å². The lowest BCUT2D eigenvalue weighted by Gasteiger charge is -2.44. The van der Waals surface area contributed by atoms with Crippen LogP contribution >= 0.6 is 0 Å². The SMILES string of the molecule is COc1cc(C(=O)O[C@@H]2[C@@H](OC(=O)c3cc(OC)c(OC)c(OC)c3)[C@@H](OC)O[C@@H]3COc4cc(OC)c(OC)c(OC)c4-c4c(cc(OC)c(OC)c4OC)O[C@@H]23)cc(OC)c1OC. The molecule has 20 heteroatoms. The molecule has 4 aromatic carbocycles. The highest BCUT2D eigenvalue weighted by molar-refractivity contribution is 5.93. The van der Waals surface area contributed by atoms with Gasteiger partial charge in [0.05, 0.1) is 108 Å². The number of esters is 2. The summed E-state index contributed by atoms with van der Waals surface area (Å²) in [6.45, 7) is -0.285. The van der Waals surface area contributed by atoms with E-state index in [-0.39, 0.29) is 109 Å². The fraction of sp³-hybridized carbons (Fsp3) is 0.422. The van der Waals surface area contributed by atoms with Crippen LogP contribution in [0.5, 0.6) is 80.5 Å². The number of carbonyl (C=O) groups excluding carboxylic acids is 2. The summed E-state index contributed by atoms with van der Waals surface area (Å²) in [4.78, 5) is 28.9. The Bertz CT molecular complexity index is 2310. The molecule has 6 rings (SSSR count). The van der Waals surface area contributed by atoms with Crippen LogP contribution < -0.4 is 66.3 Å². The Balaban J connectivity index is 1.60. The first-order chi connectivity index (χ1) is 31.5. The molecule has 65 heavy (non-hydrogen) atoms. The predicted octanol–water partition coefficient (Wildman–Crippen LogP) is 5.42. The van der Waals surface area contributed by atoms with E-state index in [1.807, 2.05) is 0 Å². The van der Waals surface area contributed by atoms with Crippen molar-refractivity contribution in [3.05, 3.63) is 47.5 Å². The fourth-order valence-electron chi connectivity index (χ4n) is 7.65. The molecule has 0 amide bonds. The molecular formula is C45H52O20. The van der Waals surface area contributed by atoms with Crippen molar-refractivity contribution in [1.29, 1.82) is 0 Å². The summed E-state index contributed by atoms with van der Waals surface area (Å²) >= 11 is 0. The van der Waals surface area contributed by atoms with Crippen LogP contribution in [0, 0.1) is 0 Å². The number of rotatable bonds is 17. The number of ether oxygens (including phenoxy) is 18. The molecule has 20 nitrogen and oxygen atoms in total. The van der Waals surface area contributed by atoms with Crippen LogP contribution in [0.25, 0.3) is 11.1 Å². The molecule has 0 saturated carbocycles. The summed E-state index contributed by atoms with van der Waals surface area (Å²) in [5, 5.41) is 0. The lowest BCUT2D eigenvalue weighted by atomic mass is 9.97. The summed E-state index contributed by atoms with van der Waals surface area (Å²) in [5.41, 5.74) is 0.460. The van der Waals surface area contributed by atoms with Gasteiger partial charge in [0.25, 0.3) is 0 Å². The first-order valence-electron chi connectivity index (χ1n) is 19.6. The zero-order valence-electron chi connectivity index (χ0n) is 38.2. The van der Waals surface area contributed by atoms with Crippen molar-refractivity contribution >= 4 is 11.9 Å². The van der Waals surface area contributed by atoms with Crippen molar-refractivity contribution in [1.82, 2.24) is 0 Å². The highest BCUT2D eigenvalue weighted by Gasteiger charge is 2.54. The molecule has 2 aliphatic heterocycles. The summed E-state index contributed by atoms with van der Waals surface area (Å²) in [5.74, 6) is 0.670. The monoisotopic (exact) mass is 912 g/mol. The second-order valence-corrected chi connectivity index (χ2v) is 13.8. The van der Waals surface area contributed by atoms with Gasteiger partial charge >= 0.3 is 11.9 Å². The predicted molar refractivity (Wildman–Crippen MR) is 227 cm³/mol.